The monoisotopic (exact) mass is 433 g/mol. The molecule has 2 aliphatic rings. The van der Waals surface area contributed by atoms with Crippen molar-refractivity contribution in [3.05, 3.63) is 64.2 Å². The van der Waals surface area contributed by atoms with Crippen LogP contribution in [0.2, 0.25) is 5.02 Å². The Morgan fingerprint density at radius 3 is 2.34 bits per heavy atom. The van der Waals surface area contributed by atoms with E-state index < -0.39 is 21.8 Å². The predicted molar refractivity (Wildman–Crippen MR) is 108 cm³/mol. The molecule has 9 heteroatoms. The number of amides is 2. The molecule has 0 atom stereocenters. The van der Waals surface area contributed by atoms with E-state index in [1.807, 2.05) is 24.3 Å². The summed E-state index contributed by atoms with van der Waals surface area (Å²) in [5.41, 5.74) is 1.46. The molecular weight excluding hydrogens is 414 g/mol. The van der Waals surface area contributed by atoms with Crippen molar-refractivity contribution in [2.75, 3.05) is 13.1 Å². The standard InChI is InChI=1S/C20H20ClN3O4S/c21-14-3-1-13(2-4-14)12-24-9-7-15(8-10-24)23-29(27,28)16-5-6-17-18(11-16)20(26)22-19(17)25/h1-6,11,15,23H,7-10,12H2,(H,22,25,26). The van der Waals surface area contributed by atoms with E-state index >= 15 is 0 Å². The lowest BCUT2D eigenvalue weighted by molar-refractivity contribution is 0.0879. The van der Waals surface area contributed by atoms with Gasteiger partial charge in [-0.1, -0.05) is 23.7 Å². The number of piperidine rings is 1. The highest BCUT2D eigenvalue weighted by atomic mass is 35.5. The van der Waals surface area contributed by atoms with Crippen LogP contribution in [0.25, 0.3) is 0 Å². The number of likely N-dealkylation sites (tertiary alicyclic amines) is 1. The number of nitrogens with zero attached hydrogens (tertiary/aromatic N) is 1. The maximum Gasteiger partial charge on any atom is 0.258 e. The molecule has 0 aliphatic carbocycles. The number of carbonyl (C=O) groups excluding carboxylic acids is 2. The largest absolute Gasteiger partial charge is 0.299 e. The van der Waals surface area contributed by atoms with Gasteiger partial charge in [-0.25, -0.2) is 13.1 Å². The second kappa shape index (κ2) is 7.87. The summed E-state index contributed by atoms with van der Waals surface area (Å²) >= 11 is 5.91. The molecule has 1 fully saturated rings. The van der Waals surface area contributed by atoms with Gasteiger partial charge in [0.15, 0.2) is 0 Å². The number of imide groups is 1. The molecule has 2 amide bonds. The van der Waals surface area contributed by atoms with Gasteiger partial charge >= 0.3 is 0 Å². The van der Waals surface area contributed by atoms with Crippen LogP contribution in [-0.2, 0) is 16.6 Å². The van der Waals surface area contributed by atoms with Crippen molar-refractivity contribution in [2.24, 2.45) is 0 Å². The molecule has 0 saturated carbocycles. The minimum absolute atomic E-state index is 0.00954. The van der Waals surface area contributed by atoms with Crippen LogP contribution in [-0.4, -0.2) is 44.3 Å². The molecule has 0 aromatic heterocycles. The van der Waals surface area contributed by atoms with Crippen LogP contribution in [0.15, 0.2) is 47.4 Å². The van der Waals surface area contributed by atoms with Crippen LogP contribution in [0, 0.1) is 0 Å². The van der Waals surface area contributed by atoms with Crippen LogP contribution < -0.4 is 10.0 Å². The number of nitrogens with one attached hydrogen (secondary N) is 2. The summed E-state index contributed by atoms with van der Waals surface area (Å²) in [5, 5.41) is 2.87. The Morgan fingerprint density at radius 2 is 1.66 bits per heavy atom. The molecule has 0 radical (unpaired) electrons. The molecule has 0 unspecified atom stereocenters. The minimum Gasteiger partial charge on any atom is -0.299 e. The molecule has 2 aromatic rings. The summed E-state index contributed by atoms with van der Waals surface area (Å²) in [4.78, 5) is 25.7. The van der Waals surface area contributed by atoms with E-state index in [9.17, 15) is 18.0 Å². The molecule has 1 saturated heterocycles. The normalized spacial score (nSPS) is 18.0. The first-order valence-electron chi connectivity index (χ1n) is 9.31. The number of hydrogen-bond acceptors (Lipinski definition) is 5. The third kappa shape index (κ3) is 4.35. The molecule has 0 bridgehead atoms. The third-order valence-electron chi connectivity index (χ3n) is 5.25. The summed E-state index contributed by atoms with van der Waals surface area (Å²) < 4.78 is 28.2. The van der Waals surface area contributed by atoms with Gasteiger partial charge in [-0.05, 0) is 48.7 Å². The van der Waals surface area contributed by atoms with Gasteiger partial charge in [0.05, 0.1) is 16.0 Å². The van der Waals surface area contributed by atoms with Crippen molar-refractivity contribution in [1.29, 1.82) is 0 Å². The first-order chi connectivity index (χ1) is 13.8. The summed E-state index contributed by atoms with van der Waals surface area (Å²) in [6, 6.07) is 11.5. The van der Waals surface area contributed by atoms with E-state index in [0.717, 1.165) is 19.6 Å². The van der Waals surface area contributed by atoms with E-state index in [4.69, 9.17) is 11.6 Å². The zero-order valence-electron chi connectivity index (χ0n) is 15.5. The third-order valence-corrected chi connectivity index (χ3v) is 7.02. The summed E-state index contributed by atoms with van der Waals surface area (Å²) in [6.07, 6.45) is 1.38. The summed E-state index contributed by atoms with van der Waals surface area (Å²) in [5.74, 6) is -1.08. The van der Waals surface area contributed by atoms with Crippen molar-refractivity contribution in [3.8, 4) is 0 Å². The average Bonchev–Trinajstić information content (AvgIpc) is 2.98. The second-order valence-electron chi connectivity index (χ2n) is 7.29. The van der Waals surface area contributed by atoms with Gasteiger partial charge in [0.1, 0.15) is 0 Å². The zero-order valence-corrected chi connectivity index (χ0v) is 17.1. The number of fused-ring (bicyclic) bond motifs is 1. The Morgan fingerprint density at radius 1 is 1.00 bits per heavy atom. The highest BCUT2D eigenvalue weighted by Gasteiger charge is 2.30. The fraction of sp³-hybridized carbons (Fsp3) is 0.300. The van der Waals surface area contributed by atoms with Crippen molar-refractivity contribution >= 4 is 33.4 Å². The quantitative estimate of drug-likeness (QED) is 0.704. The fourth-order valence-corrected chi connectivity index (χ4v) is 5.12. The van der Waals surface area contributed by atoms with Crippen molar-refractivity contribution in [1.82, 2.24) is 14.9 Å². The Hall–Kier alpha value is -2.26. The van der Waals surface area contributed by atoms with Gasteiger partial charge in [-0.3, -0.25) is 19.8 Å². The van der Waals surface area contributed by atoms with Crippen LogP contribution in [0.1, 0.15) is 39.1 Å². The topological polar surface area (TPSA) is 95.6 Å². The fourth-order valence-electron chi connectivity index (χ4n) is 3.66. The van der Waals surface area contributed by atoms with Gasteiger partial charge in [-0.2, -0.15) is 0 Å². The maximum absolute atomic E-state index is 12.7. The van der Waals surface area contributed by atoms with E-state index in [0.29, 0.717) is 17.9 Å². The highest BCUT2D eigenvalue weighted by Crippen LogP contribution is 2.22. The molecule has 4 rings (SSSR count). The molecular formula is C20H20ClN3O4S. The number of sulfonamides is 1. The molecule has 2 aliphatic heterocycles. The number of halogens is 1. The SMILES string of the molecule is O=C1NC(=O)c2cc(S(=O)(=O)NC3CCN(Cc4ccc(Cl)cc4)CC3)ccc21. The first-order valence-corrected chi connectivity index (χ1v) is 11.2. The van der Waals surface area contributed by atoms with Crippen molar-refractivity contribution in [3.63, 3.8) is 0 Å². The van der Waals surface area contributed by atoms with Crippen LogP contribution in [0.3, 0.4) is 0 Å². The number of carbonyl (C=O) groups is 2. The molecule has 2 N–H and O–H groups in total. The van der Waals surface area contributed by atoms with Gasteiger partial charge in [0.2, 0.25) is 10.0 Å². The number of hydrogen-bond donors (Lipinski definition) is 2. The average molecular weight is 434 g/mol. The summed E-state index contributed by atoms with van der Waals surface area (Å²) in [6.45, 7) is 2.35. The predicted octanol–water partition coefficient (Wildman–Crippen LogP) is 2.17. The maximum atomic E-state index is 12.7. The lowest BCUT2D eigenvalue weighted by atomic mass is 10.1. The highest BCUT2D eigenvalue weighted by molar-refractivity contribution is 7.89. The van der Waals surface area contributed by atoms with Crippen LogP contribution in [0.5, 0.6) is 0 Å². The van der Waals surface area contributed by atoms with Crippen LogP contribution in [0.4, 0.5) is 0 Å². The van der Waals surface area contributed by atoms with Gasteiger partial charge in [0.25, 0.3) is 11.8 Å². The van der Waals surface area contributed by atoms with E-state index in [1.54, 1.807) is 0 Å². The van der Waals surface area contributed by atoms with Gasteiger partial charge in [-0.15, -0.1) is 0 Å². The molecule has 0 spiro atoms. The summed E-state index contributed by atoms with van der Waals surface area (Å²) in [7, 11) is -3.78. The second-order valence-corrected chi connectivity index (χ2v) is 9.44. The lowest BCUT2D eigenvalue weighted by Gasteiger charge is -2.32. The van der Waals surface area contributed by atoms with Gasteiger partial charge < -0.3 is 0 Å². The Labute approximate surface area is 174 Å². The molecule has 2 aromatic carbocycles. The van der Waals surface area contributed by atoms with Crippen LogP contribution >= 0.6 is 11.6 Å². The van der Waals surface area contributed by atoms with E-state index in [2.05, 4.69) is 14.9 Å². The molecule has 152 valence electrons. The Bertz CT molecular complexity index is 1060. The molecule has 7 nitrogen and oxygen atoms in total. The smallest absolute Gasteiger partial charge is 0.258 e. The molecule has 29 heavy (non-hydrogen) atoms. The Kier molecular flexibility index (Phi) is 5.44. The van der Waals surface area contributed by atoms with Crippen molar-refractivity contribution in [2.45, 2.75) is 30.3 Å². The number of rotatable bonds is 5. The van der Waals surface area contributed by atoms with Crippen molar-refractivity contribution < 1.29 is 18.0 Å². The Balaban J connectivity index is 1.37. The minimum atomic E-state index is -3.78. The molecule has 2 heterocycles. The van der Waals surface area contributed by atoms with E-state index in [1.165, 1.54) is 23.8 Å². The first kappa shape index (κ1) is 20.0. The lowest BCUT2D eigenvalue weighted by Crippen LogP contribution is -2.44. The zero-order chi connectivity index (χ0) is 20.6. The number of benzene rings is 2. The van der Waals surface area contributed by atoms with Gasteiger partial charge in [0, 0.05) is 30.7 Å². The van der Waals surface area contributed by atoms with E-state index in [-0.39, 0.29) is 22.1 Å².